The van der Waals surface area contributed by atoms with E-state index in [1.807, 2.05) is 0 Å². The van der Waals surface area contributed by atoms with E-state index in [2.05, 4.69) is 24.5 Å². The van der Waals surface area contributed by atoms with Gasteiger partial charge < -0.3 is 31.1 Å². The van der Waals surface area contributed by atoms with Gasteiger partial charge in [0.2, 0.25) is 11.8 Å². The largest absolute Gasteiger partial charge is 0.394 e. The van der Waals surface area contributed by atoms with Crippen LogP contribution in [-0.4, -0.2) is 83.0 Å². The van der Waals surface area contributed by atoms with Crippen LogP contribution in [0.25, 0.3) is 0 Å². The summed E-state index contributed by atoms with van der Waals surface area (Å²) in [7, 11) is 0. The second kappa shape index (κ2) is 34.8. The third kappa shape index (κ3) is 27.4. The first-order chi connectivity index (χ1) is 24.4. The highest BCUT2D eigenvalue weighted by molar-refractivity contribution is 5.77. The fourth-order valence-electron chi connectivity index (χ4n) is 6.14. The van der Waals surface area contributed by atoms with E-state index >= 15 is 0 Å². The molecule has 0 heterocycles. The first-order valence-electron chi connectivity index (χ1n) is 20.7. The molecule has 2 amide bonds. The molecule has 50 heavy (non-hydrogen) atoms. The predicted molar refractivity (Wildman–Crippen MR) is 203 cm³/mol. The normalized spacial score (nSPS) is 12.0. The van der Waals surface area contributed by atoms with Gasteiger partial charge in [-0.05, 0) is 12.8 Å². The van der Waals surface area contributed by atoms with Crippen LogP contribution in [-0.2, 0) is 19.4 Å². The number of aliphatic hydroxyl groups is 4. The van der Waals surface area contributed by atoms with E-state index < -0.39 is 37.5 Å². The summed E-state index contributed by atoms with van der Waals surface area (Å²) in [6.07, 6.45) is 32.1. The smallest absolute Gasteiger partial charge is 0.220 e. The van der Waals surface area contributed by atoms with Crippen molar-refractivity contribution >= 4 is 11.8 Å². The van der Waals surface area contributed by atoms with Gasteiger partial charge in [-0.25, -0.2) is 9.78 Å². The third-order valence-corrected chi connectivity index (χ3v) is 9.79. The molecule has 0 bridgehead atoms. The summed E-state index contributed by atoms with van der Waals surface area (Å²) in [5, 5.41) is 45.2. The van der Waals surface area contributed by atoms with Crippen LogP contribution in [0.4, 0.5) is 0 Å². The number of hydrogen-bond acceptors (Lipinski definition) is 8. The van der Waals surface area contributed by atoms with Gasteiger partial charge in [-0.15, -0.1) is 0 Å². The Kier molecular flexibility index (Phi) is 33.9. The minimum absolute atomic E-state index is 0.282. The van der Waals surface area contributed by atoms with Crippen molar-refractivity contribution < 1.29 is 39.8 Å². The van der Waals surface area contributed by atoms with Gasteiger partial charge in [0.25, 0.3) is 0 Å². The summed E-state index contributed by atoms with van der Waals surface area (Å²) < 4.78 is 0. The lowest BCUT2D eigenvalue weighted by Crippen LogP contribution is -2.59. The van der Waals surface area contributed by atoms with Crippen molar-refractivity contribution in [1.82, 2.24) is 10.6 Å². The second-order valence-corrected chi connectivity index (χ2v) is 14.8. The Labute approximate surface area is 306 Å². The number of nitrogens with one attached hydrogen (secondary N) is 2. The van der Waals surface area contributed by atoms with Gasteiger partial charge in [0.05, 0.1) is 26.4 Å². The van der Waals surface area contributed by atoms with E-state index in [-0.39, 0.29) is 37.9 Å². The van der Waals surface area contributed by atoms with Crippen LogP contribution in [0.1, 0.15) is 194 Å². The predicted octanol–water partition coefficient (Wildman–Crippen LogP) is 7.58. The minimum Gasteiger partial charge on any atom is -0.394 e. The molecule has 0 aromatic rings. The van der Waals surface area contributed by atoms with Crippen molar-refractivity contribution in [2.75, 3.05) is 39.6 Å². The van der Waals surface area contributed by atoms with Crippen LogP contribution >= 0.6 is 0 Å². The highest BCUT2D eigenvalue weighted by Gasteiger charge is 2.34. The van der Waals surface area contributed by atoms with Crippen molar-refractivity contribution in [2.45, 2.75) is 205 Å². The molecule has 10 nitrogen and oxygen atoms in total. The van der Waals surface area contributed by atoms with Gasteiger partial charge >= 0.3 is 0 Å². The number of amides is 2. The van der Waals surface area contributed by atoms with Crippen LogP contribution in [0.5, 0.6) is 0 Å². The molecular weight excluding hydrogens is 636 g/mol. The molecule has 0 aromatic carbocycles. The number of hydrogen-bond donors (Lipinski definition) is 6. The molecule has 0 saturated carbocycles. The Morgan fingerprint density at radius 1 is 0.400 bits per heavy atom. The van der Waals surface area contributed by atoms with Gasteiger partial charge in [0.1, 0.15) is 24.3 Å². The topological polar surface area (TPSA) is 158 Å². The zero-order valence-corrected chi connectivity index (χ0v) is 32.5. The minimum atomic E-state index is -1.45. The Morgan fingerprint density at radius 3 is 0.840 bits per heavy atom. The number of carbonyl (C=O) groups is 2. The zero-order chi connectivity index (χ0) is 37.0. The van der Waals surface area contributed by atoms with Crippen molar-refractivity contribution in [3.63, 3.8) is 0 Å². The molecule has 0 radical (unpaired) electrons. The van der Waals surface area contributed by atoms with Gasteiger partial charge in [-0.3, -0.25) is 9.59 Å². The van der Waals surface area contributed by atoms with E-state index in [0.29, 0.717) is 0 Å². The quantitative estimate of drug-likeness (QED) is 0.0216. The molecule has 0 fully saturated rings. The van der Waals surface area contributed by atoms with Gasteiger partial charge in [-0.2, -0.15) is 0 Å². The SMILES string of the molecule is CCCCCCCCCCCCCCCC(=O)NC(CO)(CO)COOCC(CO)(CO)NC(=O)CCCCCCCCCCCCCCC. The molecule has 0 aromatic heterocycles. The van der Waals surface area contributed by atoms with E-state index in [4.69, 9.17) is 9.78 Å². The monoisotopic (exact) mass is 717 g/mol. The third-order valence-electron chi connectivity index (χ3n) is 9.79. The molecule has 10 heteroatoms. The maximum absolute atomic E-state index is 12.6. The van der Waals surface area contributed by atoms with Crippen molar-refractivity contribution in [1.29, 1.82) is 0 Å². The molecule has 0 spiro atoms. The van der Waals surface area contributed by atoms with Gasteiger partial charge in [0, 0.05) is 12.8 Å². The summed E-state index contributed by atoms with van der Waals surface area (Å²) in [5.41, 5.74) is -2.90. The molecule has 6 N–H and O–H groups in total. The lowest BCUT2D eigenvalue weighted by Gasteiger charge is -2.32. The van der Waals surface area contributed by atoms with Crippen LogP contribution in [0.3, 0.4) is 0 Å². The molecule has 0 aliphatic heterocycles. The van der Waals surface area contributed by atoms with Gasteiger partial charge in [0.15, 0.2) is 0 Å². The van der Waals surface area contributed by atoms with Crippen LogP contribution in [0.15, 0.2) is 0 Å². The Morgan fingerprint density at radius 2 is 0.620 bits per heavy atom. The lowest BCUT2D eigenvalue weighted by molar-refractivity contribution is -0.318. The van der Waals surface area contributed by atoms with E-state index in [0.717, 1.165) is 38.5 Å². The number of carbonyl (C=O) groups excluding carboxylic acids is 2. The maximum Gasteiger partial charge on any atom is 0.220 e. The average molecular weight is 717 g/mol. The van der Waals surface area contributed by atoms with Crippen molar-refractivity contribution in [2.24, 2.45) is 0 Å². The van der Waals surface area contributed by atoms with Crippen molar-refractivity contribution in [3.05, 3.63) is 0 Å². The molecule has 298 valence electrons. The Balaban J connectivity index is 4.18. The molecule has 0 atom stereocenters. The standard InChI is InChI=1S/C40H80N2O8/c1-3-5-7-9-11-13-15-17-19-21-23-25-27-29-37(47)41-39(31-43,32-44)35-49-50-36-40(33-45,34-46)42-38(48)30-28-26-24-22-20-18-16-14-12-10-8-6-4-2/h43-46H,3-36H2,1-2H3,(H,41,47)(H,42,48). The zero-order valence-electron chi connectivity index (χ0n) is 32.5. The summed E-state index contributed by atoms with van der Waals surface area (Å²) in [5.74, 6) is -0.583. The van der Waals surface area contributed by atoms with Crippen LogP contribution in [0.2, 0.25) is 0 Å². The van der Waals surface area contributed by atoms with Crippen LogP contribution in [0, 0.1) is 0 Å². The molecule has 0 aliphatic carbocycles. The summed E-state index contributed by atoms with van der Waals surface area (Å²) in [6.45, 7) is 1.49. The van der Waals surface area contributed by atoms with E-state index in [1.165, 1.54) is 128 Å². The van der Waals surface area contributed by atoms with Gasteiger partial charge in [-0.1, -0.05) is 168 Å². The molecule has 0 unspecified atom stereocenters. The number of aliphatic hydroxyl groups excluding tert-OH is 4. The first-order valence-corrected chi connectivity index (χ1v) is 20.7. The summed E-state index contributed by atoms with van der Waals surface area (Å²) in [6, 6.07) is 0. The maximum atomic E-state index is 12.6. The Hall–Kier alpha value is -1.30. The fourth-order valence-corrected chi connectivity index (χ4v) is 6.14. The highest BCUT2D eigenvalue weighted by atomic mass is 17.2. The highest BCUT2D eigenvalue weighted by Crippen LogP contribution is 2.16. The first kappa shape index (κ1) is 48.7. The lowest BCUT2D eigenvalue weighted by atomic mass is 10.0. The molecule has 0 aliphatic rings. The Bertz CT molecular complexity index is 700. The average Bonchev–Trinajstić information content (AvgIpc) is 3.13. The fraction of sp³-hybridized carbons (Fsp3) is 0.950. The van der Waals surface area contributed by atoms with Crippen molar-refractivity contribution in [3.8, 4) is 0 Å². The summed E-state index contributed by atoms with van der Waals surface area (Å²) in [4.78, 5) is 35.6. The van der Waals surface area contributed by atoms with E-state index in [1.54, 1.807) is 0 Å². The molecule has 0 saturated heterocycles. The number of rotatable bonds is 39. The number of unbranched alkanes of at least 4 members (excludes halogenated alkanes) is 24. The van der Waals surface area contributed by atoms with E-state index in [9.17, 15) is 30.0 Å². The summed E-state index contributed by atoms with van der Waals surface area (Å²) >= 11 is 0. The second-order valence-electron chi connectivity index (χ2n) is 14.8. The molecular formula is C40H80N2O8. The molecule has 0 rings (SSSR count). The van der Waals surface area contributed by atoms with Crippen LogP contribution < -0.4 is 10.6 Å².